The molecule has 1 heterocycles. The van der Waals surface area contributed by atoms with E-state index in [0.717, 1.165) is 0 Å². The van der Waals surface area contributed by atoms with Gasteiger partial charge in [-0.15, -0.1) is 0 Å². The van der Waals surface area contributed by atoms with Gasteiger partial charge < -0.3 is 11.6 Å². The topological polar surface area (TPSA) is 86.9 Å². The lowest BCUT2D eigenvalue weighted by molar-refractivity contribution is -0.142. The van der Waals surface area contributed by atoms with Crippen molar-refractivity contribution >= 4 is 28.5 Å². The van der Waals surface area contributed by atoms with Gasteiger partial charge >= 0.3 is 6.18 Å². The number of rotatable bonds is 0. The van der Waals surface area contributed by atoms with Gasteiger partial charge in [0.25, 0.3) is 5.56 Å². The molecule has 1 aromatic heterocycles. The molecule has 0 saturated heterocycles. The van der Waals surface area contributed by atoms with Crippen LogP contribution in [0.15, 0.2) is 4.79 Å². The third-order valence-corrected chi connectivity index (χ3v) is 2.33. The Labute approximate surface area is 89.0 Å². The maximum atomic E-state index is 12.2. The van der Waals surface area contributed by atoms with Gasteiger partial charge in [0.05, 0.1) is 0 Å². The summed E-state index contributed by atoms with van der Waals surface area (Å²) < 4.78 is 36.4. The maximum Gasteiger partial charge on any atom is 0.434 e. The van der Waals surface area contributed by atoms with E-state index in [4.69, 9.17) is 11.6 Å². The summed E-state index contributed by atoms with van der Waals surface area (Å²) in [4.78, 5) is 14.1. The highest BCUT2D eigenvalue weighted by atomic mass is 127. The van der Waals surface area contributed by atoms with Crippen molar-refractivity contribution in [3.05, 3.63) is 19.6 Å². The first kappa shape index (κ1) is 11.1. The second kappa shape index (κ2) is 3.29. The van der Waals surface area contributed by atoms with Gasteiger partial charge in [-0.05, 0) is 22.6 Å². The average Bonchev–Trinajstić information content (AvgIpc) is 2.06. The number of nitrogens with two attached hydrogens (primary N) is 2. The second-order valence-electron chi connectivity index (χ2n) is 2.31. The first-order chi connectivity index (χ1) is 6.25. The molecule has 0 aliphatic heterocycles. The fourth-order valence-corrected chi connectivity index (χ4v) is 1.40. The minimum Gasteiger partial charge on any atom is -0.368 e. The Balaban J connectivity index is 3.58. The van der Waals surface area contributed by atoms with Crippen LogP contribution in [0.3, 0.4) is 0 Å². The van der Waals surface area contributed by atoms with Crippen molar-refractivity contribution in [2.45, 2.75) is 6.18 Å². The Bertz CT molecular complexity index is 426. The first-order valence-electron chi connectivity index (χ1n) is 3.15. The Morgan fingerprint density at radius 1 is 1.43 bits per heavy atom. The van der Waals surface area contributed by atoms with E-state index in [9.17, 15) is 18.0 Å². The Morgan fingerprint density at radius 3 is 2.36 bits per heavy atom. The molecule has 0 spiro atoms. The van der Waals surface area contributed by atoms with Crippen molar-refractivity contribution in [3.8, 4) is 0 Å². The lowest BCUT2D eigenvalue weighted by Gasteiger charge is -2.10. The fraction of sp³-hybridized carbons (Fsp3) is 0.200. The van der Waals surface area contributed by atoms with Crippen LogP contribution in [0.2, 0.25) is 0 Å². The predicted octanol–water partition coefficient (Wildman–Crippen LogP) is 0.163. The summed E-state index contributed by atoms with van der Waals surface area (Å²) >= 11 is 1.22. The fourth-order valence-electron chi connectivity index (χ4n) is 0.716. The van der Waals surface area contributed by atoms with E-state index in [1.807, 2.05) is 0 Å². The van der Waals surface area contributed by atoms with E-state index in [-0.39, 0.29) is 0 Å². The number of nitrogen functional groups attached to an aromatic ring is 2. The Hall–Kier alpha value is -1.00. The van der Waals surface area contributed by atoms with Crippen molar-refractivity contribution < 1.29 is 13.2 Å². The molecule has 0 unspecified atom stereocenters. The number of nitrogens with zero attached hydrogens (tertiary/aromatic N) is 2. The molecule has 1 rings (SSSR count). The van der Waals surface area contributed by atoms with E-state index in [2.05, 4.69) is 4.98 Å². The highest BCUT2D eigenvalue weighted by molar-refractivity contribution is 14.1. The lowest BCUT2D eigenvalue weighted by Crippen LogP contribution is -2.35. The largest absolute Gasteiger partial charge is 0.434 e. The quantitative estimate of drug-likeness (QED) is 0.527. The molecule has 0 aromatic carbocycles. The average molecular weight is 320 g/mol. The summed E-state index contributed by atoms with van der Waals surface area (Å²) in [5, 5.41) is 0. The van der Waals surface area contributed by atoms with Crippen molar-refractivity contribution in [2.24, 2.45) is 0 Å². The van der Waals surface area contributed by atoms with Crippen LogP contribution < -0.4 is 17.1 Å². The zero-order chi connectivity index (χ0) is 11.1. The van der Waals surface area contributed by atoms with Gasteiger partial charge in [0.1, 0.15) is 3.57 Å². The molecule has 78 valence electrons. The number of halogens is 4. The summed E-state index contributed by atoms with van der Waals surface area (Å²) in [5.74, 6) is 4.36. The molecule has 4 N–H and O–H groups in total. The Kier molecular flexibility index (Phi) is 2.61. The molecular formula is C5H4F3IN4O. The third kappa shape index (κ3) is 1.76. The van der Waals surface area contributed by atoms with E-state index < -0.39 is 26.9 Å². The van der Waals surface area contributed by atoms with Gasteiger partial charge in [0, 0.05) is 0 Å². The molecule has 0 saturated carbocycles. The number of hydrogen-bond donors (Lipinski definition) is 2. The molecule has 1 aromatic rings. The molecule has 0 amide bonds. The number of aromatic nitrogens is 2. The lowest BCUT2D eigenvalue weighted by atomic mass is 10.4. The highest BCUT2D eigenvalue weighted by Crippen LogP contribution is 2.29. The number of hydrogen-bond acceptors (Lipinski definition) is 4. The summed E-state index contributed by atoms with van der Waals surface area (Å²) in [6.07, 6.45) is -4.71. The van der Waals surface area contributed by atoms with Crippen molar-refractivity contribution in [2.75, 3.05) is 11.6 Å². The minimum absolute atomic E-state index is 0.358. The van der Waals surface area contributed by atoms with Crippen LogP contribution in [0.4, 0.5) is 19.1 Å². The molecule has 9 heteroatoms. The molecule has 0 aliphatic rings. The van der Waals surface area contributed by atoms with Gasteiger partial charge in [-0.2, -0.15) is 17.8 Å². The monoisotopic (exact) mass is 320 g/mol. The molecule has 5 nitrogen and oxygen atoms in total. The van der Waals surface area contributed by atoms with E-state index in [1.165, 1.54) is 22.6 Å². The van der Waals surface area contributed by atoms with Gasteiger partial charge in [-0.1, -0.05) is 0 Å². The SMILES string of the molecule is Nc1nc(C(F)(F)F)c(I)c(=O)n1N. The molecular weight excluding hydrogens is 316 g/mol. The summed E-state index contributed by atoms with van der Waals surface area (Å²) in [7, 11) is 0. The molecule has 0 aliphatic carbocycles. The van der Waals surface area contributed by atoms with Crippen LogP contribution in [0.1, 0.15) is 5.69 Å². The van der Waals surface area contributed by atoms with Gasteiger partial charge in [0.15, 0.2) is 5.69 Å². The molecule has 0 radical (unpaired) electrons. The zero-order valence-corrected chi connectivity index (χ0v) is 8.63. The van der Waals surface area contributed by atoms with Crippen molar-refractivity contribution in [3.63, 3.8) is 0 Å². The predicted molar refractivity (Wildman–Crippen MR) is 50.8 cm³/mol. The van der Waals surface area contributed by atoms with Crippen LogP contribution >= 0.6 is 22.6 Å². The molecule has 0 atom stereocenters. The normalized spacial score (nSPS) is 11.7. The third-order valence-electron chi connectivity index (χ3n) is 1.36. The van der Waals surface area contributed by atoms with E-state index >= 15 is 0 Å². The molecule has 14 heavy (non-hydrogen) atoms. The van der Waals surface area contributed by atoms with E-state index in [1.54, 1.807) is 0 Å². The standard InChI is InChI=1S/C5H4F3IN4O/c6-5(7,8)2-1(9)3(14)13(11)4(10)12-2/h11H2,(H2,10,12). The van der Waals surface area contributed by atoms with Gasteiger partial charge in [-0.25, -0.2) is 4.98 Å². The smallest absolute Gasteiger partial charge is 0.368 e. The van der Waals surface area contributed by atoms with Crippen LogP contribution in [0.25, 0.3) is 0 Å². The summed E-state index contributed by atoms with van der Waals surface area (Å²) in [6, 6.07) is 0. The highest BCUT2D eigenvalue weighted by Gasteiger charge is 2.37. The zero-order valence-electron chi connectivity index (χ0n) is 6.47. The summed E-state index contributed by atoms with van der Waals surface area (Å²) in [5.41, 5.74) is 2.67. The van der Waals surface area contributed by atoms with Crippen LogP contribution in [0, 0.1) is 3.57 Å². The van der Waals surface area contributed by atoms with Crippen LogP contribution in [-0.4, -0.2) is 9.66 Å². The van der Waals surface area contributed by atoms with Gasteiger partial charge in [0.2, 0.25) is 5.95 Å². The number of alkyl halides is 3. The van der Waals surface area contributed by atoms with Crippen molar-refractivity contribution in [1.29, 1.82) is 0 Å². The van der Waals surface area contributed by atoms with Crippen LogP contribution in [0.5, 0.6) is 0 Å². The maximum absolute atomic E-state index is 12.2. The molecule has 0 bridgehead atoms. The first-order valence-corrected chi connectivity index (χ1v) is 4.23. The van der Waals surface area contributed by atoms with Crippen molar-refractivity contribution in [1.82, 2.24) is 9.66 Å². The minimum atomic E-state index is -4.71. The van der Waals surface area contributed by atoms with Crippen LogP contribution in [-0.2, 0) is 6.18 Å². The van der Waals surface area contributed by atoms with Gasteiger partial charge in [-0.3, -0.25) is 4.79 Å². The summed E-state index contributed by atoms with van der Waals surface area (Å²) in [6.45, 7) is 0. The Morgan fingerprint density at radius 2 is 1.93 bits per heavy atom. The number of anilines is 1. The molecule has 0 fully saturated rings. The second-order valence-corrected chi connectivity index (χ2v) is 3.38. The van der Waals surface area contributed by atoms with E-state index in [0.29, 0.717) is 4.68 Å².